The Bertz CT molecular complexity index is 2500. The maximum Gasteiger partial charge on any atom is 0.342 e. The number of carboxylic acids is 1. The molecular formula is C43H42Cl2N6O6. The minimum Gasteiger partial charge on any atom is -0.477 e. The van der Waals surface area contributed by atoms with Crippen molar-refractivity contribution in [3.05, 3.63) is 174 Å². The number of aromatic nitrogens is 4. The number of anilines is 4. The zero-order chi connectivity index (χ0) is 41.3. The fourth-order valence-electron chi connectivity index (χ4n) is 5.56. The van der Waals surface area contributed by atoms with E-state index in [-0.39, 0.29) is 23.5 Å². The average Bonchev–Trinajstić information content (AvgIpc) is 3.15. The number of nitrogens with zero attached hydrogens (tertiary/aromatic N) is 4. The lowest BCUT2D eigenvalue weighted by Gasteiger charge is -2.20. The molecule has 12 nitrogen and oxygen atoms in total. The van der Waals surface area contributed by atoms with Crippen LogP contribution in [0.5, 0.6) is 0 Å². The lowest BCUT2D eigenvalue weighted by molar-refractivity contribution is -0.153. The molecule has 2 heterocycles. The fourth-order valence-corrected chi connectivity index (χ4v) is 5.91. The molecular weight excluding hydrogens is 767 g/mol. The van der Waals surface area contributed by atoms with Crippen molar-refractivity contribution in [2.75, 3.05) is 10.6 Å². The van der Waals surface area contributed by atoms with Gasteiger partial charge in [-0.05, 0) is 81.1 Å². The van der Waals surface area contributed by atoms with Crippen LogP contribution in [0.4, 0.5) is 23.3 Å². The van der Waals surface area contributed by atoms with Crippen molar-refractivity contribution in [2.45, 2.75) is 59.7 Å². The number of rotatable bonds is 11. The fraction of sp³-hybridized carbons (Fsp3) is 0.209. The summed E-state index contributed by atoms with van der Waals surface area (Å²) in [5.74, 6) is -1.17. The van der Waals surface area contributed by atoms with E-state index in [2.05, 4.69) is 20.6 Å². The van der Waals surface area contributed by atoms with Crippen molar-refractivity contribution < 1.29 is 19.4 Å². The second kappa shape index (κ2) is 18.6. The van der Waals surface area contributed by atoms with Crippen molar-refractivity contribution in [3.63, 3.8) is 0 Å². The highest BCUT2D eigenvalue weighted by Crippen LogP contribution is 2.27. The topological polar surface area (TPSA) is 157 Å². The molecule has 0 aliphatic heterocycles. The Morgan fingerprint density at radius 3 is 1.60 bits per heavy atom. The lowest BCUT2D eigenvalue weighted by atomic mass is 10.1. The number of ether oxygens (including phenoxy) is 1. The van der Waals surface area contributed by atoms with E-state index in [1.165, 1.54) is 6.20 Å². The first-order valence-electron chi connectivity index (χ1n) is 17.9. The second-order valence-electron chi connectivity index (χ2n) is 14.0. The van der Waals surface area contributed by atoms with Crippen LogP contribution >= 0.6 is 23.2 Å². The molecule has 3 N–H and O–H groups in total. The summed E-state index contributed by atoms with van der Waals surface area (Å²) in [7, 11) is 0. The quantitative estimate of drug-likeness (QED) is 0.108. The predicted octanol–water partition coefficient (Wildman–Crippen LogP) is 8.58. The zero-order valence-electron chi connectivity index (χ0n) is 32.0. The zero-order valence-corrected chi connectivity index (χ0v) is 33.6. The van der Waals surface area contributed by atoms with Crippen LogP contribution in [-0.2, 0) is 29.0 Å². The molecule has 2 aromatic heterocycles. The molecule has 0 amide bonds. The number of aromatic carboxylic acids is 1. The van der Waals surface area contributed by atoms with Crippen molar-refractivity contribution >= 4 is 58.4 Å². The molecule has 6 aromatic rings. The third-order valence-electron chi connectivity index (χ3n) is 8.47. The van der Waals surface area contributed by atoms with Gasteiger partial charge in [0.25, 0.3) is 11.1 Å². The molecule has 0 unspecified atom stereocenters. The van der Waals surface area contributed by atoms with E-state index < -0.39 is 28.7 Å². The number of esters is 1. The number of carboxylic acid groups (broad SMARTS) is 1. The molecule has 0 spiro atoms. The molecule has 0 aliphatic rings. The summed E-state index contributed by atoms with van der Waals surface area (Å²) in [6.45, 7) is 9.93. The van der Waals surface area contributed by atoms with E-state index in [1.807, 2.05) is 97.3 Å². The van der Waals surface area contributed by atoms with Crippen LogP contribution in [0.15, 0.2) is 119 Å². The number of benzene rings is 4. The molecule has 6 rings (SSSR count). The van der Waals surface area contributed by atoms with Gasteiger partial charge in [0.05, 0.1) is 19.5 Å². The van der Waals surface area contributed by atoms with Crippen molar-refractivity contribution in [3.8, 4) is 0 Å². The van der Waals surface area contributed by atoms with E-state index in [0.29, 0.717) is 34.8 Å². The summed E-state index contributed by atoms with van der Waals surface area (Å²) in [6.07, 6.45) is 2.82. The Labute approximate surface area is 339 Å². The standard InChI is InChI=1S/C24H26ClN3O3.C19H16ClN3O3/c1-16-19(25)11-8-12-20(16)26-23-27-22(30)18(13-21(29)31-24(2,3)4)15-28(23)14-17-9-6-5-7-10-17;1-12-15(20)8-5-9-16(12)21-19-22-17(24)14(18(25)26)11-23(19)10-13-6-3-2-4-7-13/h5-12,15H,13-14H2,1-4H3,(H,26,27,30);2-9,11H,10H2,1H3,(H,25,26)(H,21,22,24). The van der Waals surface area contributed by atoms with Gasteiger partial charge in [0.2, 0.25) is 11.9 Å². The highest BCUT2D eigenvalue weighted by molar-refractivity contribution is 6.32. The smallest absolute Gasteiger partial charge is 0.342 e. The van der Waals surface area contributed by atoms with Gasteiger partial charge >= 0.3 is 11.9 Å². The van der Waals surface area contributed by atoms with Crippen LogP contribution in [-0.4, -0.2) is 41.7 Å². The van der Waals surface area contributed by atoms with E-state index in [9.17, 15) is 24.3 Å². The number of carbonyl (C=O) groups excluding carboxylic acids is 1. The lowest BCUT2D eigenvalue weighted by Crippen LogP contribution is -2.28. The molecule has 0 radical (unpaired) electrons. The van der Waals surface area contributed by atoms with Crippen LogP contribution in [0.25, 0.3) is 0 Å². The van der Waals surface area contributed by atoms with Crippen LogP contribution in [0.2, 0.25) is 10.0 Å². The number of halogens is 2. The molecule has 0 bridgehead atoms. The van der Waals surface area contributed by atoms with Crippen LogP contribution < -0.4 is 21.8 Å². The molecule has 14 heteroatoms. The molecule has 4 aromatic carbocycles. The SMILES string of the molecule is Cc1c(Cl)cccc1Nc1nc(=O)c(C(=O)O)cn1Cc1ccccc1.Cc1c(Cl)cccc1Nc1nc(=O)c(CC(=O)OC(C)(C)C)cn1Cc1ccccc1. The Morgan fingerprint density at radius 2 is 1.14 bits per heavy atom. The monoisotopic (exact) mass is 808 g/mol. The molecule has 0 aliphatic carbocycles. The Morgan fingerprint density at radius 1 is 0.684 bits per heavy atom. The minimum absolute atomic E-state index is 0.144. The summed E-state index contributed by atoms with van der Waals surface area (Å²) in [4.78, 5) is 56.5. The average molecular weight is 810 g/mol. The largest absolute Gasteiger partial charge is 0.477 e. The number of carbonyl (C=O) groups is 2. The first kappa shape index (κ1) is 41.9. The second-order valence-corrected chi connectivity index (χ2v) is 14.9. The van der Waals surface area contributed by atoms with Gasteiger partial charge in [0, 0.05) is 39.4 Å². The predicted molar refractivity (Wildman–Crippen MR) is 224 cm³/mol. The van der Waals surface area contributed by atoms with Gasteiger partial charge < -0.3 is 29.6 Å². The molecule has 0 saturated carbocycles. The highest BCUT2D eigenvalue weighted by atomic mass is 35.5. The highest BCUT2D eigenvalue weighted by Gasteiger charge is 2.20. The molecule has 0 fully saturated rings. The summed E-state index contributed by atoms with van der Waals surface area (Å²) in [5, 5.41) is 16.7. The summed E-state index contributed by atoms with van der Waals surface area (Å²) in [6, 6.07) is 30.1. The number of hydrogen-bond acceptors (Lipinski definition) is 9. The molecule has 0 atom stereocenters. The number of nitrogens with one attached hydrogen (secondary N) is 2. The van der Waals surface area contributed by atoms with Gasteiger partial charge in [-0.3, -0.25) is 14.4 Å². The van der Waals surface area contributed by atoms with Gasteiger partial charge in [0.1, 0.15) is 11.2 Å². The van der Waals surface area contributed by atoms with E-state index in [0.717, 1.165) is 27.9 Å². The van der Waals surface area contributed by atoms with Gasteiger partial charge in [-0.1, -0.05) is 96.0 Å². The Balaban J connectivity index is 0.000000221. The first-order chi connectivity index (χ1) is 27.1. The number of hydrogen-bond donors (Lipinski definition) is 3. The summed E-state index contributed by atoms with van der Waals surface area (Å²) >= 11 is 12.4. The Kier molecular flexibility index (Phi) is 13.7. The minimum atomic E-state index is -1.31. The first-order valence-corrected chi connectivity index (χ1v) is 18.6. The van der Waals surface area contributed by atoms with Crippen molar-refractivity contribution in [1.82, 2.24) is 19.1 Å². The van der Waals surface area contributed by atoms with Gasteiger partial charge in [-0.25, -0.2) is 4.79 Å². The van der Waals surface area contributed by atoms with E-state index in [4.69, 9.17) is 27.9 Å². The summed E-state index contributed by atoms with van der Waals surface area (Å²) < 4.78 is 8.78. The molecule has 294 valence electrons. The van der Waals surface area contributed by atoms with E-state index in [1.54, 1.807) is 49.7 Å². The van der Waals surface area contributed by atoms with Crippen LogP contribution in [0.1, 0.15) is 58.9 Å². The normalized spacial score (nSPS) is 10.9. The maximum absolute atomic E-state index is 12.7. The summed E-state index contributed by atoms with van der Waals surface area (Å²) in [5.41, 5.74) is 3.06. The van der Waals surface area contributed by atoms with Crippen molar-refractivity contribution in [2.24, 2.45) is 0 Å². The van der Waals surface area contributed by atoms with Gasteiger partial charge in [-0.2, -0.15) is 9.97 Å². The van der Waals surface area contributed by atoms with Gasteiger partial charge in [-0.15, -0.1) is 0 Å². The third-order valence-corrected chi connectivity index (χ3v) is 9.28. The van der Waals surface area contributed by atoms with Crippen LogP contribution in [0.3, 0.4) is 0 Å². The van der Waals surface area contributed by atoms with E-state index >= 15 is 0 Å². The van der Waals surface area contributed by atoms with Crippen molar-refractivity contribution in [1.29, 1.82) is 0 Å². The maximum atomic E-state index is 12.7. The molecule has 57 heavy (non-hydrogen) atoms. The van der Waals surface area contributed by atoms with Gasteiger partial charge in [0.15, 0.2) is 0 Å². The Hall–Kier alpha value is -6.24. The van der Waals surface area contributed by atoms with Crippen LogP contribution in [0, 0.1) is 13.8 Å². The molecule has 0 saturated heterocycles. The third kappa shape index (κ3) is 11.6.